The van der Waals surface area contributed by atoms with E-state index in [-0.39, 0.29) is 72.9 Å². The van der Waals surface area contributed by atoms with Crippen LogP contribution >= 0.6 is 43.2 Å². The Morgan fingerprint density at radius 2 is 1.00 bits per heavy atom. The number of imide groups is 2. The lowest BCUT2D eigenvalue weighted by molar-refractivity contribution is -0.154. The molecule has 2 atom stereocenters. The summed E-state index contributed by atoms with van der Waals surface area (Å²) in [5, 5.41) is 22.4. The summed E-state index contributed by atoms with van der Waals surface area (Å²) in [5.74, 6) is -1.51. The van der Waals surface area contributed by atoms with Crippen LogP contribution in [0.1, 0.15) is 38.5 Å². The minimum absolute atomic E-state index is 0.0888. The number of carbonyl (C=O) groups is 6. The highest BCUT2D eigenvalue weighted by molar-refractivity contribution is 8.77. The largest absolute Gasteiger partial charge is 0.481 e. The number of hydrogen-bond acceptors (Lipinski definition) is 12. The highest BCUT2D eigenvalue weighted by atomic mass is 33.1. The van der Waals surface area contributed by atoms with Crippen molar-refractivity contribution in [2.45, 2.75) is 49.3 Å². The highest BCUT2D eigenvalue weighted by Gasteiger charge is 2.37. The van der Waals surface area contributed by atoms with E-state index in [9.17, 15) is 28.8 Å². The average molecular weight is 629 g/mol. The number of rotatable bonds is 12. The molecule has 0 aromatic rings. The van der Waals surface area contributed by atoms with Crippen LogP contribution < -0.4 is 0 Å². The normalized spacial score (nSPS) is 21.9. The lowest BCUT2D eigenvalue weighted by Crippen LogP contribution is -2.47. The van der Waals surface area contributed by atoms with Gasteiger partial charge in [0.2, 0.25) is 23.6 Å². The summed E-state index contributed by atoms with van der Waals surface area (Å²) in [7, 11) is 5.69. The summed E-state index contributed by atoms with van der Waals surface area (Å²) >= 11 is 0. The summed E-state index contributed by atoms with van der Waals surface area (Å²) < 4.78 is 0. The van der Waals surface area contributed by atoms with Crippen molar-refractivity contribution in [3.05, 3.63) is 48.9 Å². The number of allylic oxidation sites excluding steroid dienone is 4. The maximum Gasteiger partial charge on any atom is 0.304 e. The molecule has 0 aromatic heterocycles. The molecule has 2 N–H and O–H groups in total. The van der Waals surface area contributed by atoms with Crippen LogP contribution in [-0.2, 0) is 28.8 Å². The van der Waals surface area contributed by atoms with Gasteiger partial charge in [0.05, 0.1) is 12.8 Å². The van der Waals surface area contributed by atoms with Crippen LogP contribution in [0.5, 0.6) is 0 Å². The van der Waals surface area contributed by atoms with Gasteiger partial charge in [-0.1, -0.05) is 55.3 Å². The average Bonchev–Trinajstić information content (AvgIpc) is 3.44. The molecule has 4 amide bonds. The number of hydrogen-bond donors (Lipinski definition) is 2. The smallest absolute Gasteiger partial charge is 0.304 e. The number of aliphatic carboxylic acids is 2. The molecule has 40 heavy (non-hydrogen) atoms. The Balaban J connectivity index is 0.000000220. The fraction of sp³-hybridized carbons (Fsp3) is 0.417. The van der Waals surface area contributed by atoms with Gasteiger partial charge in [0.25, 0.3) is 0 Å². The van der Waals surface area contributed by atoms with Gasteiger partial charge in [0.15, 0.2) is 0 Å². The molecule has 0 spiro atoms. The summed E-state index contributed by atoms with van der Waals surface area (Å²) in [5.41, 5.74) is 0. The first kappa shape index (κ1) is 31.7. The maximum absolute atomic E-state index is 11.8. The van der Waals surface area contributed by atoms with Crippen LogP contribution in [0, 0.1) is 0 Å². The molecule has 2 fully saturated rings. The van der Waals surface area contributed by atoms with Crippen molar-refractivity contribution in [3.8, 4) is 0 Å². The van der Waals surface area contributed by atoms with Gasteiger partial charge in [-0.25, -0.2) is 0 Å². The van der Waals surface area contributed by atoms with Crippen molar-refractivity contribution in [1.82, 2.24) is 20.0 Å². The Hall–Kier alpha value is -2.82. The van der Waals surface area contributed by atoms with Gasteiger partial charge in [-0.15, -0.1) is 0 Å². The number of carbonyl (C=O) groups excluding carboxylic acids is 4. The third-order valence-electron chi connectivity index (χ3n) is 5.42. The van der Waals surface area contributed by atoms with E-state index < -0.39 is 11.9 Å². The minimum atomic E-state index is -0.834. The molecule has 16 heteroatoms. The summed E-state index contributed by atoms with van der Waals surface area (Å²) in [6.07, 6.45) is 15.5. The Bertz CT molecular complexity index is 1010. The molecule has 0 aromatic carbocycles. The second-order valence-corrected chi connectivity index (χ2v) is 13.5. The molecule has 0 saturated carbocycles. The van der Waals surface area contributed by atoms with Crippen molar-refractivity contribution in [1.29, 1.82) is 0 Å². The number of amides is 4. The zero-order valence-electron chi connectivity index (χ0n) is 21.2. The van der Waals surface area contributed by atoms with Crippen molar-refractivity contribution < 1.29 is 39.0 Å². The molecular weight excluding hydrogens is 601 g/mol. The number of hydrazine groups is 2. The monoisotopic (exact) mass is 628 g/mol. The van der Waals surface area contributed by atoms with Crippen LogP contribution in [0.3, 0.4) is 0 Å². The van der Waals surface area contributed by atoms with Crippen molar-refractivity contribution >= 4 is 78.7 Å². The molecule has 0 aliphatic carbocycles. The van der Waals surface area contributed by atoms with E-state index in [2.05, 4.69) is 0 Å². The van der Waals surface area contributed by atoms with Gasteiger partial charge >= 0.3 is 11.9 Å². The SMILES string of the molecule is O=C(O)CCSSC1C=CC=CN1N1C(=O)CCC1=O.O=C(O)CCSSC1C=CC=CN1N1C(=O)CCC1=O. The molecule has 4 aliphatic heterocycles. The standard InChI is InChI=1S/2C12H14N2O4S2/c2*15-9-4-5-10(16)14(9)13-7-2-1-3-11(13)20-19-8-6-12(17)18/h2*1-3,7,11H,4-6,8H2,(H,17,18). The summed E-state index contributed by atoms with van der Waals surface area (Å²) in [6, 6.07) is 0. The zero-order chi connectivity index (χ0) is 29.1. The first-order valence-corrected chi connectivity index (χ1v) is 16.9. The van der Waals surface area contributed by atoms with Crippen molar-refractivity contribution in [2.24, 2.45) is 0 Å². The van der Waals surface area contributed by atoms with E-state index in [1.807, 2.05) is 24.3 Å². The van der Waals surface area contributed by atoms with Crippen LogP contribution in [0.15, 0.2) is 48.9 Å². The number of carboxylic acid groups (broad SMARTS) is 2. The van der Waals surface area contributed by atoms with Gasteiger partial charge in [-0.2, -0.15) is 10.0 Å². The molecule has 2 unspecified atom stereocenters. The van der Waals surface area contributed by atoms with E-state index in [0.717, 1.165) is 0 Å². The Kier molecular flexibility index (Phi) is 12.5. The zero-order valence-corrected chi connectivity index (χ0v) is 24.5. The minimum Gasteiger partial charge on any atom is -0.481 e. The Morgan fingerprint density at radius 3 is 1.32 bits per heavy atom. The van der Waals surface area contributed by atoms with Crippen LogP contribution in [-0.4, -0.2) is 88.1 Å². The molecule has 12 nitrogen and oxygen atoms in total. The molecule has 0 bridgehead atoms. The summed E-state index contributed by atoms with van der Waals surface area (Å²) in [6.45, 7) is 0. The molecular formula is C24H28N4O8S4. The van der Waals surface area contributed by atoms with Crippen molar-refractivity contribution in [2.75, 3.05) is 11.5 Å². The number of carboxylic acids is 2. The maximum atomic E-state index is 11.8. The third kappa shape index (κ3) is 9.11. The van der Waals surface area contributed by atoms with E-state index in [4.69, 9.17) is 10.2 Å². The molecule has 0 radical (unpaired) electrons. The fourth-order valence-electron chi connectivity index (χ4n) is 3.59. The van der Waals surface area contributed by atoms with Gasteiger partial charge < -0.3 is 10.2 Å². The van der Waals surface area contributed by atoms with Crippen LogP contribution in [0.4, 0.5) is 0 Å². The first-order chi connectivity index (χ1) is 19.2. The lowest BCUT2D eigenvalue weighted by atomic mass is 10.4. The fourth-order valence-corrected chi connectivity index (χ4v) is 8.22. The van der Waals surface area contributed by atoms with Gasteiger partial charge in [0.1, 0.15) is 10.7 Å². The van der Waals surface area contributed by atoms with Crippen molar-refractivity contribution in [3.63, 3.8) is 0 Å². The van der Waals surface area contributed by atoms with E-state index in [0.29, 0.717) is 11.5 Å². The Morgan fingerprint density at radius 1 is 0.650 bits per heavy atom. The number of nitrogens with zero attached hydrogens (tertiary/aromatic N) is 4. The molecule has 4 heterocycles. The van der Waals surface area contributed by atoms with Gasteiger partial charge in [0, 0.05) is 49.6 Å². The first-order valence-electron chi connectivity index (χ1n) is 12.2. The Labute approximate surface area is 246 Å². The molecule has 4 aliphatic rings. The van der Waals surface area contributed by atoms with E-state index in [1.54, 1.807) is 34.6 Å². The predicted molar refractivity (Wildman–Crippen MR) is 155 cm³/mol. The predicted octanol–water partition coefficient (Wildman–Crippen LogP) is 3.24. The molecule has 4 rings (SSSR count). The van der Waals surface area contributed by atoms with Gasteiger partial charge in [-0.05, 0) is 24.3 Å². The molecule has 216 valence electrons. The third-order valence-corrected chi connectivity index (χ3v) is 10.6. The highest BCUT2D eigenvalue weighted by Crippen LogP contribution is 2.35. The van der Waals surface area contributed by atoms with Gasteiger partial charge in [-0.3, -0.25) is 38.8 Å². The van der Waals surface area contributed by atoms with E-state index in [1.165, 1.54) is 53.2 Å². The lowest BCUT2D eigenvalue weighted by Gasteiger charge is -2.34. The second kappa shape index (κ2) is 15.8. The van der Waals surface area contributed by atoms with Crippen LogP contribution in [0.2, 0.25) is 0 Å². The second-order valence-electron chi connectivity index (χ2n) is 8.32. The topological polar surface area (TPSA) is 156 Å². The molecule has 2 saturated heterocycles. The van der Waals surface area contributed by atoms with E-state index >= 15 is 0 Å². The van der Waals surface area contributed by atoms with Crippen LogP contribution in [0.25, 0.3) is 0 Å². The quantitative estimate of drug-likeness (QED) is 0.184. The summed E-state index contributed by atoms with van der Waals surface area (Å²) in [4.78, 5) is 68.0.